The highest BCUT2D eigenvalue weighted by molar-refractivity contribution is 5.09. The van der Waals surface area contributed by atoms with Crippen LogP contribution < -0.4 is 5.32 Å². The van der Waals surface area contributed by atoms with Gasteiger partial charge in [-0.15, -0.1) is 0 Å². The van der Waals surface area contributed by atoms with Crippen molar-refractivity contribution in [2.75, 3.05) is 19.8 Å². The van der Waals surface area contributed by atoms with E-state index in [1.54, 1.807) is 19.1 Å². The summed E-state index contributed by atoms with van der Waals surface area (Å²) in [5.41, 5.74) is 0. The first-order valence-corrected chi connectivity index (χ1v) is 5.86. The molecule has 1 heterocycles. The van der Waals surface area contributed by atoms with Gasteiger partial charge < -0.3 is 14.5 Å². The maximum Gasteiger partial charge on any atom is 0.411 e. The van der Waals surface area contributed by atoms with Crippen LogP contribution in [-0.4, -0.2) is 25.9 Å². The van der Waals surface area contributed by atoms with Crippen molar-refractivity contribution >= 4 is 0 Å². The topological polar surface area (TPSA) is 34.4 Å². The van der Waals surface area contributed by atoms with Crippen LogP contribution in [0.5, 0.6) is 0 Å². The standard InChI is InChI=1S/C12H18F3NO2/c1-3-6-16-10(7-17-8-12(13,14)15)11-5-4-9(2)18-11/h4-5,10,16H,3,6-8H2,1-2H3. The van der Waals surface area contributed by atoms with Crippen molar-refractivity contribution in [3.8, 4) is 0 Å². The van der Waals surface area contributed by atoms with Gasteiger partial charge in [-0.1, -0.05) is 6.92 Å². The van der Waals surface area contributed by atoms with Crippen LogP contribution in [0.3, 0.4) is 0 Å². The number of alkyl halides is 3. The number of hydrogen-bond acceptors (Lipinski definition) is 3. The summed E-state index contributed by atoms with van der Waals surface area (Å²) < 4.78 is 46.1. The molecule has 0 aliphatic carbocycles. The second kappa shape index (κ2) is 6.80. The van der Waals surface area contributed by atoms with E-state index in [2.05, 4.69) is 10.1 Å². The Kier molecular flexibility index (Phi) is 5.68. The van der Waals surface area contributed by atoms with Crippen LogP contribution in [0.25, 0.3) is 0 Å². The quantitative estimate of drug-likeness (QED) is 0.822. The maximum absolute atomic E-state index is 12.0. The minimum atomic E-state index is -4.30. The average molecular weight is 265 g/mol. The van der Waals surface area contributed by atoms with E-state index in [-0.39, 0.29) is 12.6 Å². The zero-order valence-corrected chi connectivity index (χ0v) is 10.5. The molecule has 1 atom stereocenters. The Balaban J connectivity index is 2.51. The lowest BCUT2D eigenvalue weighted by Gasteiger charge is -2.17. The molecule has 0 saturated carbocycles. The molecule has 0 aromatic carbocycles. The molecule has 0 aliphatic heterocycles. The van der Waals surface area contributed by atoms with Crippen molar-refractivity contribution in [1.29, 1.82) is 0 Å². The summed E-state index contributed by atoms with van der Waals surface area (Å²) in [7, 11) is 0. The van der Waals surface area contributed by atoms with Crippen LogP contribution in [-0.2, 0) is 4.74 Å². The molecule has 18 heavy (non-hydrogen) atoms. The first kappa shape index (κ1) is 15.0. The van der Waals surface area contributed by atoms with Crippen molar-refractivity contribution in [1.82, 2.24) is 5.32 Å². The van der Waals surface area contributed by atoms with E-state index < -0.39 is 12.8 Å². The minimum absolute atomic E-state index is 0.0630. The van der Waals surface area contributed by atoms with Crippen LogP contribution in [0.4, 0.5) is 13.2 Å². The molecule has 0 fully saturated rings. The minimum Gasteiger partial charge on any atom is -0.465 e. The van der Waals surface area contributed by atoms with Crippen molar-refractivity contribution < 1.29 is 22.3 Å². The number of aryl methyl sites for hydroxylation is 1. The van der Waals surface area contributed by atoms with Crippen LogP contribution in [0.15, 0.2) is 16.5 Å². The molecule has 1 unspecified atom stereocenters. The van der Waals surface area contributed by atoms with Gasteiger partial charge in [0.05, 0.1) is 12.6 Å². The second-order valence-corrected chi connectivity index (χ2v) is 4.09. The Labute approximate surface area is 104 Å². The van der Waals surface area contributed by atoms with Gasteiger partial charge in [0, 0.05) is 0 Å². The molecule has 0 amide bonds. The molecule has 0 radical (unpaired) electrons. The van der Waals surface area contributed by atoms with E-state index in [0.29, 0.717) is 12.3 Å². The number of rotatable bonds is 7. The molecular formula is C12H18F3NO2. The Hall–Kier alpha value is -1.01. The molecule has 0 aliphatic rings. The van der Waals surface area contributed by atoms with Gasteiger partial charge in [-0.2, -0.15) is 13.2 Å². The molecule has 0 spiro atoms. The van der Waals surface area contributed by atoms with Crippen LogP contribution in [0.2, 0.25) is 0 Å². The summed E-state index contributed by atoms with van der Waals surface area (Å²) in [4.78, 5) is 0. The van der Waals surface area contributed by atoms with Crippen molar-refractivity contribution in [3.05, 3.63) is 23.7 Å². The fourth-order valence-corrected chi connectivity index (χ4v) is 1.49. The third-order valence-electron chi connectivity index (χ3n) is 2.30. The Bertz CT molecular complexity index is 349. The third-order valence-corrected chi connectivity index (χ3v) is 2.30. The molecule has 0 bridgehead atoms. The van der Waals surface area contributed by atoms with Crippen molar-refractivity contribution in [3.63, 3.8) is 0 Å². The van der Waals surface area contributed by atoms with Gasteiger partial charge in [-0.3, -0.25) is 0 Å². The van der Waals surface area contributed by atoms with Gasteiger partial charge in [0.15, 0.2) is 0 Å². The summed E-state index contributed by atoms with van der Waals surface area (Å²) in [6.07, 6.45) is -3.41. The monoisotopic (exact) mass is 265 g/mol. The van der Waals surface area contributed by atoms with Crippen molar-refractivity contribution in [2.24, 2.45) is 0 Å². The van der Waals surface area contributed by atoms with Gasteiger partial charge in [-0.25, -0.2) is 0 Å². The average Bonchev–Trinajstić information content (AvgIpc) is 2.68. The van der Waals surface area contributed by atoms with Crippen LogP contribution >= 0.6 is 0 Å². The first-order chi connectivity index (χ1) is 8.42. The largest absolute Gasteiger partial charge is 0.465 e. The SMILES string of the molecule is CCCNC(COCC(F)(F)F)c1ccc(C)o1. The number of halogens is 3. The Morgan fingerprint density at radius 1 is 1.39 bits per heavy atom. The fourth-order valence-electron chi connectivity index (χ4n) is 1.49. The van der Waals surface area contributed by atoms with E-state index in [1.807, 2.05) is 6.92 Å². The highest BCUT2D eigenvalue weighted by atomic mass is 19.4. The lowest BCUT2D eigenvalue weighted by molar-refractivity contribution is -0.175. The molecule has 1 rings (SSSR count). The number of furan rings is 1. The summed E-state index contributed by atoms with van der Waals surface area (Å²) in [6, 6.07) is 3.18. The fraction of sp³-hybridized carbons (Fsp3) is 0.667. The molecule has 1 aromatic rings. The predicted octanol–water partition coefficient (Wildman–Crippen LogP) is 3.21. The number of ether oxygens (including phenoxy) is 1. The smallest absolute Gasteiger partial charge is 0.411 e. The summed E-state index contributed by atoms with van der Waals surface area (Å²) >= 11 is 0. The Morgan fingerprint density at radius 3 is 2.61 bits per heavy atom. The summed E-state index contributed by atoms with van der Waals surface area (Å²) in [6.45, 7) is 3.16. The van der Waals surface area contributed by atoms with E-state index in [9.17, 15) is 13.2 Å². The van der Waals surface area contributed by atoms with Crippen molar-refractivity contribution in [2.45, 2.75) is 32.5 Å². The molecular weight excluding hydrogens is 247 g/mol. The highest BCUT2D eigenvalue weighted by Gasteiger charge is 2.28. The van der Waals surface area contributed by atoms with Gasteiger partial charge in [0.2, 0.25) is 0 Å². The lowest BCUT2D eigenvalue weighted by atomic mass is 10.2. The number of hydrogen-bond donors (Lipinski definition) is 1. The molecule has 6 heteroatoms. The zero-order valence-electron chi connectivity index (χ0n) is 10.5. The first-order valence-electron chi connectivity index (χ1n) is 5.86. The summed E-state index contributed by atoms with van der Waals surface area (Å²) in [5.74, 6) is 1.33. The van der Waals surface area contributed by atoms with Crippen LogP contribution in [0.1, 0.15) is 30.9 Å². The van der Waals surface area contributed by atoms with E-state index >= 15 is 0 Å². The molecule has 1 aromatic heterocycles. The third kappa shape index (κ3) is 5.55. The number of nitrogens with one attached hydrogen (secondary N) is 1. The lowest BCUT2D eigenvalue weighted by Crippen LogP contribution is -2.28. The van der Waals surface area contributed by atoms with Gasteiger partial charge in [0.1, 0.15) is 18.1 Å². The summed E-state index contributed by atoms with van der Waals surface area (Å²) in [5, 5.41) is 3.10. The second-order valence-electron chi connectivity index (χ2n) is 4.09. The van der Waals surface area contributed by atoms with E-state index in [4.69, 9.17) is 4.42 Å². The van der Waals surface area contributed by atoms with Gasteiger partial charge in [0.25, 0.3) is 0 Å². The molecule has 0 saturated heterocycles. The molecule has 3 nitrogen and oxygen atoms in total. The Morgan fingerprint density at radius 2 is 2.11 bits per heavy atom. The molecule has 1 N–H and O–H groups in total. The predicted molar refractivity (Wildman–Crippen MR) is 61.4 cm³/mol. The van der Waals surface area contributed by atoms with Gasteiger partial charge >= 0.3 is 6.18 Å². The van der Waals surface area contributed by atoms with Crippen LogP contribution in [0, 0.1) is 6.92 Å². The maximum atomic E-state index is 12.0. The molecule has 104 valence electrons. The van der Waals surface area contributed by atoms with E-state index in [1.165, 1.54) is 0 Å². The normalized spacial score (nSPS) is 13.8. The zero-order chi connectivity index (χ0) is 13.6. The van der Waals surface area contributed by atoms with E-state index in [0.717, 1.165) is 12.2 Å². The van der Waals surface area contributed by atoms with Gasteiger partial charge in [-0.05, 0) is 32.0 Å². The highest BCUT2D eigenvalue weighted by Crippen LogP contribution is 2.19.